The summed E-state index contributed by atoms with van der Waals surface area (Å²) in [6, 6.07) is 22.1. The van der Waals surface area contributed by atoms with Crippen LogP contribution in [0.2, 0.25) is 0 Å². The maximum Gasteiger partial charge on any atom is 0.267 e. The van der Waals surface area contributed by atoms with Crippen molar-refractivity contribution < 1.29 is 9.53 Å². The Hall–Kier alpha value is -2.81. The lowest BCUT2D eigenvalue weighted by molar-refractivity contribution is -0.124. The van der Waals surface area contributed by atoms with Crippen molar-refractivity contribution in [3.8, 4) is 5.75 Å². The molecular formula is C21H19NO2. The molecule has 1 atom stereocenters. The van der Waals surface area contributed by atoms with Crippen LogP contribution in [-0.4, -0.2) is 18.6 Å². The highest BCUT2D eigenvalue weighted by Gasteiger charge is 2.28. The molecule has 0 saturated heterocycles. The van der Waals surface area contributed by atoms with E-state index in [0.29, 0.717) is 0 Å². The molecule has 0 unspecified atom stereocenters. The zero-order valence-corrected chi connectivity index (χ0v) is 13.6. The Labute approximate surface area is 141 Å². The second-order valence-corrected chi connectivity index (χ2v) is 6.14. The van der Waals surface area contributed by atoms with Crippen LogP contribution in [-0.2, 0) is 11.2 Å². The summed E-state index contributed by atoms with van der Waals surface area (Å²) >= 11 is 0. The predicted octanol–water partition coefficient (Wildman–Crippen LogP) is 4.20. The molecule has 4 rings (SSSR count). The fraction of sp³-hybridized carbons (Fsp3) is 0.190. The molecule has 3 aromatic rings. The highest BCUT2D eigenvalue weighted by molar-refractivity contribution is 5.98. The Morgan fingerprint density at radius 2 is 1.75 bits per heavy atom. The molecule has 0 spiro atoms. The fourth-order valence-electron chi connectivity index (χ4n) is 3.28. The van der Waals surface area contributed by atoms with Crippen molar-refractivity contribution in [3.63, 3.8) is 0 Å². The molecule has 0 N–H and O–H groups in total. The van der Waals surface area contributed by atoms with Gasteiger partial charge < -0.3 is 9.64 Å². The van der Waals surface area contributed by atoms with Crippen LogP contribution < -0.4 is 9.64 Å². The monoisotopic (exact) mass is 317 g/mol. The van der Waals surface area contributed by atoms with Crippen LogP contribution in [0.4, 0.5) is 5.69 Å². The van der Waals surface area contributed by atoms with Crippen LogP contribution in [0.1, 0.15) is 12.5 Å². The minimum Gasteiger partial charge on any atom is -0.481 e. The van der Waals surface area contributed by atoms with E-state index in [2.05, 4.69) is 12.1 Å². The van der Waals surface area contributed by atoms with Gasteiger partial charge in [-0.25, -0.2) is 0 Å². The van der Waals surface area contributed by atoms with Gasteiger partial charge in [0.25, 0.3) is 5.91 Å². The zero-order chi connectivity index (χ0) is 16.5. The number of benzene rings is 3. The van der Waals surface area contributed by atoms with E-state index in [9.17, 15) is 4.79 Å². The van der Waals surface area contributed by atoms with Crippen molar-refractivity contribution in [2.75, 3.05) is 11.4 Å². The number of hydrogen-bond acceptors (Lipinski definition) is 2. The largest absolute Gasteiger partial charge is 0.481 e. The number of ether oxygens (including phenoxy) is 1. The van der Waals surface area contributed by atoms with Crippen LogP contribution in [0.15, 0.2) is 66.7 Å². The summed E-state index contributed by atoms with van der Waals surface area (Å²) in [6.45, 7) is 2.54. The quantitative estimate of drug-likeness (QED) is 0.724. The maximum absolute atomic E-state index is 12.8. The van der Waals surface area contributed by atoms with E-state index in [-0.39, 0.29) is 5.91 Å². The van der Waals surface area contributed by atoms with E-state index in [1.165, 1.54) is 5.56 Å². The first-order valence-electron chi connectivity index (χ1n) is 8.27. The van der Waals surface area contributed by atoms with Crippen molar-refractivity contribution in [2.24, 2.45) is 0 Å². The van der Waals surface area contributed by atoms with Crippen molar-refractivity contribution in [2.45, 2.75) is 19.4 Å². The van der Waals surface area contributed by atoms with E-state index < -0.39 is 6.10 Å². The first-order chi connectivity index (χ1) is 11.7. The molecule has 1 aliphatic heterocycles. The van der Waals surface area contributed by atoms with E-state index in [4.69, 9.17) is 4.74 Å². The third-order valence-corrected chi connectivity index (χ3v) is 4.53. The van der Waals surface area contributed by atoms with Crippen molar-refractivity contribution in [1.82, 2.24) is 0 Å². The van der Waals surface area contributed by atoms with Gasteiger partial charge in [-0.05, 0) is 47.9 Å². The van der Waals surface area contributed by atoms with Crippen LogP contribution in [0.3, 0.4) is 0 Å². The molecule has 3 heteroatoms. The Morgan fingerprint density at radius 3 is 2.62 bits per heavy atom. The Balaban J connectivity index is 1.53. The average Bonchev–Trinajstić information content (AvgIpc) is 3.05. The van der Waals surface area contributed by atoms with E-state index in [1.807, 2.05) is 66.4 Å². The first-order valence-corrected chi connectivity index (χ1v) is 8.27. The van der Waals surface area contributed by atoms with Crippen LogP contribution >= 0.6 is 0 Å². The minimum absolute atomic E-state index is 0.00751. The Morgan fingerprint density at radius 1 is 1.00 bits per heavy atom. The van der Waals surface area contributed by atoms with Gasteiger partial charge in [0.15, 0.2) is 6.10 Å². The molecular weight excluding hydrogens is 298 g/mol. The summed E-state index contributed by atoms with van der Waals surface area (Å²) in [6.07, 6.45) is 0.391. The smallest absolute Gasteiger partial charge is 0.267 e. The van der Waals surface area contributed by atoms with Gasteiger partial charge in [-0.3, -0.25) is 4.79 Å². The molecule has 3 nitrogen and oxygen atoms in total. The second kappa shape index (κ2) is 6.00. The third-order valence-electron chi connectivity index (χ3n) is 4.53. The molecule has 1 amide bonds. The number of hydrogen-bond donors (Lipinski definition) is 0. The van der Waals surface area contributed by atoms with Gasteiger partial charge >= 0.3 is 0 Å². The molecule has 0 aliphatic carbocycles. The standard InChI is InChI=1S/C21H19NO2/c1-15(21(23)22-13-12-17-7-4-5-9-20(17)22)24-19-11-10-16-6-2-3-8-18(16)14-19/h2-11,14-15H,12-13H2,1H3/t15-/m0/s1. The summed E-state index contributed by atoms with van der Waals surface area (Å²) in [5, 5.41) is 2.28. The topological polar surface area (TPSA) is 29.5 Å². The number of fused-ring (bicyclic) bond motifs is 2. The van der Waals surface area contributed by atoms with Gasteiger partial charge in [0, 0.05) is 12.2 Å². The average molecular weight is 317 g/mol. The van der Waals surface area contributed by atoms with Crippen LogP contribution in [0.5, 0.6) is 5.75 Å². The van der Waals surface area contributed by atoms with Crippen molar-refractivity contribution in [3.05, 3.63) is 72.3 Å². The number of carbonyl (C=O) groups excluding carboxylic acids is 1. The lowest BCUT2D eigenvalue weighted by Gasteiger charge is -2.22. The number of para-hydroxylation sites is 1. The van der Waals surface area contributed by atoms with Gasteiger partial charge in [-0.2, -0.15) is 0 Å². The normalized spacial score (nSPS) is 14.5. The molecule has 24 heavy (non-hydrogen) atoms. The van der Waals surface area contributed by atoms with Gasteiger partial charge in [-0.1, -0.05) is 48.5 Å². The van der Waals surface area contributed by atoms with E-state index in [1.54, 1.807) is 0 Å². The molecule has 3 aromatic carbocycles. The summed E-state index contributed by atoms with van der Waals surface area (Å²) in [4.78, 5) is 14.6. The SMILES string of the molecule is C[C@H](Oc1ccc2ccccc2c1)C(=O)N1CCc2ccccc21. The highest BCUT2D eigenvalue weighted by atomic mass is 16.5. The summed E-state index contributed by atoms with van der Waals surface area (Å²) in [5.41, 5.74) is 2.24. The van der Waals surface area contributed by atoms with Crippen molar-refractivity contribution >= 4 is 22.4 Å². The number of carbonyl (C=O) groups is 1. The number of rotatable bonds is 3. The fourth-order valence-corrected chi connectivity index (χ4v) is 3.28. The summed E-state index contributed by atoms with van der Waals surface area (Å²) < 4.78 is 5.92. The molecule has 0 bridgehead atoms. The van der Waals surface area contributed by atoms with Gasteiger partial charge in [0.05, 0.1) is 0 Å². The van der Waals surface area contributed by atoms with Gasteiger partial charge in [-0.15, -0.1) is 0 Å². The molecule has 0 saturated carbocycles. The lowest BCUT2D eigenvalue weighted by Crippen LogP contribution is -2.39. The first kappa shape index (κ1) is 14.8. The van der Waals surface area contributed by atoms with E-state index >= 15 is 0 Å². The number of amides is 1. The third kappa shape index (κ3) is 2.62. The number of nitrogens with zero attached hydrogens (tertiary/aromatic N) is 1. The summed E-state index contributed by atoms with van der Waals surface area (Å²) in [7, 11) is 0. The predicted molar refractivity (Wildman–Crippen MR) is 96.5 cm³/mol. The van der Waals surface area contributed by atoms with Crippen LogP contribution in [0, 0.1) is 0 Å². The zero-order valence-electron chi connectivity index (χ0n) is 13.6. The molecule has 0 aromatic heterocycles. The van der Waals surface area contributed by atoms with E-state index in [0.717, 1.165) is 35.2 Å². The molecule has 120 valence electrons. The van der Waals surface area contributed by atoms with Gasteiger partial charge in [0.1, 0.15) is 5.75 Å². The minimum atomic E-state index is -0.516. The van der Waals surface area contributed by atoms with Gasteiger partial charge in [0.2, 0.25) is 0 Å². The molecule has 1 aliphatic rings. The number of anilines is 1. The highest BCUT2D eigenvalue weighted by Crippen LogP contribution is 2.29. The molecule has 1 heterocycles. The second-order valence-electron chi connectivity index (χ2n) is 6.14. The lowest BCUT2D eigenvalue weighted by atomic mass is 10.1. The molecule has 0 radical (unpaired) electrons. The Bertz CT molecular complexity index is 903. The van der Waals surface area contributed by atoms with Crippen molar-refractivity contribution in [1.29, 1.82) is 0 Å². The van der Waals surface area contributed by atoms with Crippen LogP contribution in [0.25, 0.3) is 10.8 Å². The summed E-state index contributed by atoms with van der Waals surface area (Å²) in [5.74, 6) is 0.732. The maximum atomic E-state index is 12.8. The Kier molecular flexibility index (Phi) is 3.69. The molecule has 0 fully saturated rings.